The van der Waals surface area contributed by atoms with Crippen molar-refractivity contribution in [3.63, 3.8) is 0 Å². The van der Waals surface area contributed by atoms with Crippen molar-refractivity contribution in [2.75, 3.05) is 20.1 Å². The van der Waals surface area contributed by atoms with Gasteiger partial charge in [0.25, 0.3) is 10.0 Å². The normalized spacial score (nSPS) is 15.2. The fraction of sp³-hybridized carbons (Fsp3) is 0.231. The van der Waals surface area contributed by atoms with E-state index < -0.39 is 53.2 Å². The van der Waals surface area contributed by atoms with Gasteiger partial charge in [0.15, 0.2) is 9.79 Å². The van der Waals surface area contributed by atoms with Gasteiger partial charge in [-0.1, -0.05) is 12.1 Å². The molecule has 0 N–H and O–H groups in total. The molecule has 2 heterocycles. The lowest BCUT2D eigenvalue weighted by molar-refractivity contribution is 0.256. The molecule has 0 unspecified atom stereocenters. The number of piperidine rings is 1. The molecular formula is C26H23ClF4N2O5S2. The van der Waals surface area contributed by atoms with Crippen LogP contribution in [-0.4, -0.2) is 45.8 Å². The van der Waals surface area contributed by atoms with E-state index in [4.69, 9.17) is 4.18 Å². The second kappa shape index (κ2) is 11.0. The summed E-state index contributed by atoms with van der Waals surface area (Å²) < 4.78 is 116. The Hall–Kier alpha value is -3.13. The molecule has 0 aliphatic carbocycles. The van der Waals surface area contributed by atoms with Crippen LogP contribution in [0.3, 0.4) is 0 Å². The van der Waals surface area contributed by atoms with Crippen molar-refractivity contribution in [3.05, 3.63) is 89.6 Å². The van der Waals surface area contributed by atoms with E-state index in [0.29, 0.717) is 31.5 Å². The van der Waals surface area contributed by atoms with Gasteiger partial charge >= 0.3 is 10.1 Å². The molecule has 0 radical (unpaired) electrons. The van der Waals surface area contributed by atoms with Crippen molar-refractivity contribution in [2.45, 2.75) is 28.6 Å². The van der Waals surface area contributed by atoms with Gasteiger partial charge in [0.1, 0.15) is 29.0 Å². The van der Waals surface area contributed by atoms with Crippen LogP contribution in [0, 0.1) is 23.3 Å². The molecule has 1 saturated heterocycles. The molecular weight excluding hydrogens is 596 g/mol. The Morgan fingerprint density at radius 2 is 1.32 bits per heavy atom. The molecule has 0 spiro atoms. The lowest BCUT2D eigenvalue weighted by atomic mass is 9.89. The van der Waals surface area contributed by atoms with E-state index in [9.17, 15) is 34.4 Å². The third-order valence-corrected chi connectivity index (χ3v) is 9.77. The molecule has 0 atom stereocenters. The number of fused-ring (bicyclic) bond motifs is 1. The first-order valence-electron chi connectivity index (χ1n) is 11.8. The van der Waals surface area contributed by atoms with Crippen molar-refractivity contribution in [2.24, 2.45) is 0 Å². The molecule has 7 nitrogen and oxygen atoms in total. The maximum atomic E-state index is 14.5. The zero-order valence-electron chi connectivity index (χ0n) is 20.9. The predicted octanol–water partition coefficient (Wildman–Crippen LogP) is 5.43. The highest BCUT2D eigenvalue weighted by Crippen LogP contribution is 2.38. The molecule has 1 aromatic heterocycles. The zero-order chi connectivity index (χ0) is 28.1. The highest BCUT2D eigenvalue weighted by Gasteiger charge is 2.31. The van der Waals surface area contributed by atoms with Crippen LogP contribution in [0.25, 0.3) is 10.9 Å². The lowest BCUT2D eigenvalue weighted by Gasteiger charge is -2.28. The Balaban J connectivity index is 0.00000370. The van der Waals surface area contributed by atoms with Gasteiger partial charge in [-0.25, -0.2) is 30.0 Å². The van der Waals surface area contributed by atoms with Gasteiger partial charge in [0.05, 0.1) is 5.52 Å². The van der Waals surface area contributed by atoms with Gasteiger partial charge in [0, 0.05) is 11.6 Å². The fourth-order valence-corrected chi connectivity index (χ4v) is 7.37. The molecule has 214 valence electrons. The largest absolute Gasteiger partial charge is 0.379 e. The van der Waals surface area contributed by atoms with Gasteiger partial charge in [-0.3, -0.25) is 0 Å². The predicted molar refractivity (Wildman–Crippen MR) is 142 cm³/mol. The van der Waals surface area contributed by atoms with Crippen molar-refractivity contribution in [1.82, 2.24) is 8.87 Å². The second-order valence-electron chi connectivity index (χ2n) is 9.28. The highest BCUT2D eigenvalue weighted by atomic mass is 35.5. The summed E-state index contributed by atoms with van der Waals surface area (Å²) >= 11 is 0. The summed E-state index contributed by atoms with van der Waals surface area (Å²) in [6, 6.07) is 8.81. The van der Waals surface area contributed by atoms with Crippen LogP contribution in [0.4, 0.5) is 17.6 Å². The van der Waals surface area contributed by atoms with Gasteiger partial charge in [-0.15, -0.1) is 12.4 Å². The van der Waals surface area contributed by atoms with E-state index in [1.807, 2.05) is 7.05 Å². The average molecular weight is 619 g/mol. The second-order valence-corrected chi connectivity index (χ2v) is 12.5. The number of rotatable bonds is 6. The minimum atomic E-state index is -4.95. The summed E-state index contributed by atoms with van der Waals surface area (Å²) in [6.45, 7) is 1.40. The van der Waals surface area contributed by atoms with E-state index in [1.165, 1.54) is 18.3 Å². The Bertz CT molecular complexity index is 1760. The van der Waals surface area contributed by atoms with E-state index in [2.05, 4.69) is 4.90 Å². The maximum Gasteiger partial charge on any atom is 0.345 e. The third kappa shape index (κ3) is 5.30. The van der Waals surface area contributed by atoms with Crippen LogP contribution in [-0.2, 0) is 20.1 Å². The molecule has 0 amide bonds. The summed E-state index contributed by atoms with van der Waals surface area (Å²) in [6.07, 6.45) is 2.54. The SMILES string of the molecule is CN1CCC(c2cn(S(=O)(=O)c3c(F)cccc3F)c3ccc(OS(=O)(=O)c4c(F)cccc4F)cc23)CC1.Cl. The van der Waals surface area contributed by atoms with Crippen LogP contribution < -0.4 is 4.18 Å². The Morgan fingerprint density at radius 1 is 0.800 bits per heavy atom. The monoisotopic (exact) mass is 618 g/mol. The van der Waals surface area contributed by atoms with Crippen molar-refractivity contribution in [3.8, 4) is 5.75 Å². The number of likely N-dealkylation sites (tertiary alicyclic amines) is 1. The molecule has 1 aliphatic rings. The van der Waals surface area contributed by atoms with Crippen LogP contribution in [0.2, 0.25) is 0 Å². The summed E-state index contributed by atoms with van der Waals surface area (Å²) in [5.41, 5.74) is 0.520. The van der Waals surface area contributed by atoms with Crippen molar-refractivity contribution >= 4 is 43.5 Å². The third-order valence-electron chi connectivity index (χ3n) is 6.74. The quantitative estimate of drug-likeness (QED) is 0.212. The fourth-order valence-electron chi connectivity index (χ4n) is 4.82. The van der Waals surface area contributed by atoms with Gasteiger partial charge in [-0.2, -0.15) is 8.42 Å². The number of halogens is 5. The number of hydrogen-bond donors (Lipinski definition) is 0. The van der Waals surface area contributed by atoms with Gasteiger partial charge in [0.2, 0.25) is 0 Å². The van der Waals surface area contributed by atoms with Gasteiger partial charge < -0.3 is 9.08 Å². The zero-order valence-corrected chi connectivity index (χ0v) is 23.3. The van der Waals surface area contributed by atoms with Crippen LogP contribution in [0.1, 0.15) is 24.3 Å². The van der Waals surface area contributed by atoms with E-state index in [-0.39, 0.29) is 35.0 Å². The summed E-state index contributed by atoms with van der Waals surface area (Å²) in [5.74, 6) is -5.71. The topological polar surface area (TPSA) is 85.7 Å². The average Bonchev–Trinajstić information content (AvgIpc) is 3.23. The molecule has 1 aliphatic heterocycles. The summed E-state index contributed by atoms with van der Waals surface area (Å²) in [5, 5.41) is 0.256. The molecule has 3 aromatic carbocycles. The Morgan fingerprint density at radius 3 is 1.88 bits per heavy atom. The van der Waals surface area contributed by atoms with Crippen molar-refractivity contribution in [1.29, 1.82) is 0 Å². The van der Waals surface area contributed by atoms with Crippen LogP contribution in [0.5, 0.6) is 5.75 Å². The first-order chi connectivity index (χ1) is 18.4. The molecule has 14 heteroatoms. The first kappa shape index (κ1) is 29.8. The molecule has 0 bridgehead atoms. The molecule has 0 saturated carbocycles. The smallest absolute Gasteiger partial charge is 0.345 e. The van der Waals surface area contributed by atoms with Gasteiger partial charge in [-0.05, 0) is 86.9 Å². The molecule has 1 fully saturated rings. The number of benzene rings is 3. The van der Waals surface area contributed by atoms with E-state index >= 15 is 0 Å². The standard InChI is InChI=1S/C26H22F4N2O5S2.ClH/c1-31-12-10-16(11-13-31)19-15-32(38(33,34)25-20(27)4-2-5-21(25)28)24-9-8-17(14-18(19)24)37-39(35,36)26-22(29)6-3-7-23(26)30;/h2-9,14-16H,10-13H2,1H3;1H. The Labute approximate surface area is 234 Å². The highest BCUT2D eigenvalue weighted by molar-refractivity contribution is 7.90. The lowest BCUT2D eigenvalue weighted by Crippen LogP contribution is -2.29. The molecule has 4 aromatic rings. The van der Waals surface area contributed by atoms with E-state index in [0.717, 1.165) is 46.4 Å². The van der Waals surface area contributed by atoms with Crippen LogP contribution >= 0.6 is 12.4 Å². The van der Waals surface area contributed by atoms with Crippen LogP contribution in [0.15, 0.2) is 70.6 Å². The van der Waals surface area contributed by atoms with E-state index in [1.54, 1.807) is 0 Å². The summed E-state index contributed by atoms with van der Waals surface area (Å²) in [4.78, 5) is -0.309. The minimum Gasteiger partial charge on any atom is -0.379 e. The number of aromatic nitrogens is 1. The Kier molecular flexibility index (Phi) is 8.23. The molecule has 5 rings (SSSR count). The van der Waals surface area contributed by atoms with Crippen molar-refractivity contribution < 1.29 is 38.6 Å². The minimum absolute atomic E-state index is 0. The first-order valence-corrected chi connectivity index (χ1v) is 14.7. The number of nitrogens with zero attached hydrogens (tertiary/aromatic N) is 2. The molecule has 40 heavy (non-hydrogen) atoms. The maximum absolute atomic E-state index is 14.5. The summed E-state index contributed by atoms with van der Waals surface area (Å²) in [7, 11) is -7.77. The number of hydrogen-bond acceptors (Lipinski definition) is 6.